The number of nitrogens with zero attached hydrogens (tertiary/aromatic N) is 1. The molecule has 8 nitrogen and oxygen atoms in total. The van der Waals surface area contributed by atoms with Crippen molar-refractivity contribution in [1.29, 1.82) is 0 Å². The predicted octanol–water partition coefficient (Wildman–Crippen LogP) is 3.15. The highest BCUT2D eigenvalue weighted by atomic mass is 16.5. The lowest BCUT2D eigenvalue weighted by Gasteiger charge is -2.28. The summed E-state index contributed by atoms with van der Waals surface area (Å²) in [5.74, 6) is -0.609. The lowest BCUT2D eigenvalue weighted by molar-refractivity contribution is -0.135. The second-order valence-corrected chi connectivity index (χ2v) is 9.45. The summed E-state index contributed by atoms with van der Waals surface area (Å²) in [6, 6.07) is 23.8. The highest BCUT2D eigenvalue weighted by Crippen LogP contribution is 2.19. The second kappa shape index (κ2) is 14.7. The molecule has 0 radical (unpaired) electrons. The summed E-state index contributed by atoms with van der Waals surface area (Å²) >= 11 is 0. The van der Waals surface area contributed by atoms with E-state index in [2.05, 4.69) is 10.6 Å². The van der Waals surface area contributed by atoms with Crippen molar-refractivity contribution in [3.63, 3.8) is 0 Å². The van der Waals surface area contributed by atoms with Gasteiger partial charge in [-0.2, -0.15) is 0 Å². The lowest BCUT2D eigenvalue weighted by Crippen LogP contribution is -2.49. The van der Waals surface area contributed by atoms with Crippen LogP contribution in [0.1, 0.15) is 42.0 Å². The summed E-state index contributed by atoms with van der Waals surface area (Å²) < 4.78 is 5.49. The zero-order chi connectivity index (χ0) is 28.2. The van der Waals surface area contributed by atoms with Crippen molar-refractivity contribution < 1.29 is 19.1 Å². The van der Waals surface area contributed by atoms with Crippen LogP contribution in [0.15, 0.2) is 78.9 Å². The molecule has 0 fully saturated rings. The molecule has 206 valence electrons. The van der Waals surface area contributed by atoms with E-state index in [1.807, 2.05) is 85.8 Å². The number of carbonyl (C=O) groups excluding carboxylic acids is 3. The van der Waals surface area contributed by atoms with Crippen LogP contribution in [0.4, 0.5) is 0 Å². The minimum Gasteiger partial charge on any atom is -0.494 e. The standard InChI is InChI=1S/C31H38N4O4/c1-4-39-27-16-14-23(15-17-27)18-29(34-22(2)36)31(38)35(3)21-28(26-8-6-5-7-9-26)30(37)33-20-25-12-10-24(19-32)11-13-25/h5-17,28-29H,4,18-21,32H2,1-3H3,(H,33,37)(H,34,36)/t28-,29+/m0/s1. The molecule has 8 heteroatoms. The molecule has 0 aliphatic rings. The number of ether oxygens (including phenoxy) is 1. The number of rotatable bonds is 13. The molecule has 0 aliphatic carbocycles. The molecule has 2 atom stereocenters. The molecule has 3 rings (SSSR count). The van der Waals surface area contributed by atoms with E-state index >= 15 is 0 Å². The van der Waals surface area contributed by atoms with Crippen molar-refractivity contribution in [1.82, 2.24) is 15.5 Å². The smallest absolute Gasteiger partial charge is 0.245 e. The van der Waals surface area contributed by atoms with Crippen molar-refractivity contribution in [2.75, 3.05) is 20.2 Å². The molecular formula is C31H38N4O4. The molecule has 0 saturated heterocycles. The topological polar surface area (TPSA) is 114 Å². The van der Waals surface area contributed by atoms with Crippen LogP contribution in [0.25, 0.3) is 0 Å². The van der Waals surface area contributed by atoms with Crippen LogP contribution in [0.2, 0.25) is 0 Å². The Bertz CT molecular complexity index is 1210. The Labute approximate surface area is 230 Å². The van der Waals surface area contributed by atoms with E-state index in [9.17, 15) is 14.4 Å². The molecule has 4 N–H and O–H groups in total. The number of nitrogens with two attached hydrogens (primary N) is 1. The van der Waals surface area contributed by atoms with E-state index in [0.29, 0.717) is 26.1 Å². The summed E-state index contributed by atoms with van der Waals surface area (Å²) in [5.41, 5.74) is 9.34. The first-order chi connectivity index (χ1) is 18.8. The SMILES string of the molecule is CCOc1ccc(C[C@@H](NC(C)=O)C(=O)N(C)C[C@H](C(=O)NCc2ccc(CN)cc2)c2ccccc2)cc1. The summed E-state index contributed by atoms with van der Waals surface area (Å²) in [6.45, 7) is 4.84. The van der Waals surface area contributed by atoms with Crippen LogP contribution < -0.4 is 21.1 Å². The fourth-order valence-electron chi connectivity index (χ4n) is 4.33. The zero-order valence-electron chi connectivity index (χ0n) is 22.9. The molecule has 3 aromatic rings. The normalized spacial score (nSPS) is 12.2. The number of likely N-dealkylation sites (N-methyl/N-ethyl adjacent to an activating group) is 1. The average Bonchev–Trinajstić information content (AvgIpc) is 2.95. The van der Waals surface area contributed by atoms with E-state index in [-0.39, 0.29) is 24.3 Å². The van der Waals surface area contributed by atoms with E-state index in [4.69, 9.17) is 10.5 Å². The van der Waals surface area contributed by atoms with Gasteiger partial charge in [-0.25, -0.2) is 0 Å². The number of hydrogen-bond donors (Lipinski definition) is 3. The zero-order valence-corrected chi connectivity index (χ0v) is 22.9. The lowest BCUT2D eigenvalue weighted by atomic mass is 9.96. The van der Waals surface area contributed by atoms with Gasteiger partial charge in [0.15, 0.2) is 0 Å². The molecule has 0 unspecified atom stereocenters. The number of amides is 3. The largest absolute Gasteiger partial charge is 0.494 e. The molecule has 3 amide bonds. The fraction of sp³-hybridized carbons (Fsp3) is 0.323. The molecule has 0 saturated carbocycles. The Morgan fingerprint density at radius 2 is 1.51 bits per heavy atom. The van der Waals surface area contributed by atoms with E-state index in [0.717, 1.165) is 28.0 Å². The highest BCUT2D eigenvalue weighted by molar-refractivity contribution is 5.88. The maximum atomic E-state index is 13.5. The number of hydrogen-bond acceptors (Lipinski definition) is 5. The average molecular weight is 531 g/mol. The molecular weight excluding hydrogens is 492 g/mol. The van der Waals surface area contributed by atoms with Crippen LogP contribution in [-0.4, -0.2) is 48.9 Å². The molecule has 0 spiro atoms. The molecule has 0 aliphatic heterocycles. The summed E-state index contributed by atoms with van der Waals surface area (Å²) in [5, 5.41) is 5.78. The van der Waals surface area contributed by atoms with Gasteiger partial charge in [0, 0.05) is 40.0 Å². The first kappa shape index (κ1) is 29.4. The maximum absolute atomic E-state index is 13.5. The van der Waals surface area contributed by atoms with Crippen molar-refractivity contribution in [3.05, 3.63) is 101 Å². The number of nitrogens with one attached hydrogen (secondary N) is 2. The van der Waals surface area contributed by atoms with Gasteiger partial charge in [0.05, 0.1) is 12.5 Å². The monoisotopic (exact) mass is 530 g/mol. The van der Waals surface area contributed by atoms with Gasteiger partial charge in [-0.3, -0.25) is 14.4 Å². The third-order valence-electron chi connectivity index (χ3n) is 6.43. The van der Waals surface area contributed by atoms with Gasteiger partial charge in [-0.05, 0) is 41.3 Å². The Hall–Kier alpha value is -4.17. The third kappa shape index (κ3) is 8.97. The van der Waals surface area contributed by atoms with E-state index in [1.54, 1.807) is 7.05 Å². The summed E-state index contributed by atoms with van der Waals surface area (Å²) in [6.07, 6.45) is 0.316. The quantitative estimate of drug-likeness (QED) is 0.314. The molecule has 3 aromatic carbocycles. The van der Waals surface area contributed by atoms with Crippen molar-refractivity contribution in [2.45, 2.75) is 45.3 Å². The first-order valence-corrected chi connectivity index (χ1v) is 13.1. The van der Waals surface area contributed by atoms with Gasteiger partial charge < -0.3 is 26.0 Å². The summed E-state index contributed by atoms with van der Waals surface area (Å²) in [4.78, 5) is 40.4. The minimum absolute atomic E-state index is 0.153. The van der Waals surface area contributed by atoms with Gasteiger partial charge in [-0.15, -0.1) is 0 Å². The third-order valence-corrected chi connectivity index (χ3v) is 6.43. The number of carbonyl (C=O) groups is 3. The predicted molar refractivity (Wildman–Crippen MR) is 152 cm³/mol. The molecule has 0 bridgehead atoms. The van der Waals surface area contributed by atoms with Crippen LogP contribution in [0.3, 0.4) is 0 Å². The highest BCUT2D eigenvalue weighted by Gasteiger charge is 2.28. The first-order valence-electron chi connectivity index (χ1n) is 13.1. The van der Waals surface area contributed by atoms with Gasteiger partial charge in [0.25, 0.3) is 0 Å². The Morgan fingerprint density at radius 1 is 0.897 bits per heavy atom. The Balaban J connectivity index is 1.73. The van der Waals surface area contributed by atoms with Crippen LogP contribution in [0.5, 0.6) is 5.75 Å². The Kier molecular flexibility index (Phi) is 11.1. The Morgan fingerprint density at radius 3 is 2.10 bits per heavy atom. The second-order valence-electron chi connectivity index (χ2n) is 9.45. The van der Waals surface area contributed by atoms with Crippen LogP contribution >= 0.6 is 0 Å². The van der Waals surface area contributed by atoms with Gasteiger partial charge in [0.1, 0.15) is 11.8 Å². The van der Waals surface area contributed by atoms with Gasteiger partial charge >= 0.3 is 0 Å². The molecule has 39 heavy (non-hydrogen) atoms. The number of benzene rings is 3. The van der Waals surface area contributed by atoms with Crippen molar-refractivity contribution in [2.24, 2.45) is 5.73 Å². The van der Waals surface area contributed by atoms with E-state index < -0.39 is 12.0 Å². The maximum Gasteiger partial charge on any atom is 0.245 e. The van der Waals surface area contributed by atoms with Crippen molar-refractivity contribution in [3.8, 4) is 5.75 Å². The fourth-order valence-corrected chi connectivity index (χ4v) is 4.33. The minimum atomic E-state index is -0.772. The van der Waals surface area contributed by atoms with Crippen LogP contribution in [-0.2, 0) is 33.9 Å². The van der Waals surface area contributed by atoms with Gasteiger partial charge in [-0.1, -0.05) is 66.7 Å². The van der Waals surface area contributed by atoms with E-state index in [1.165, 1.54) is 11.8 Å². The summed E-state index contributed by atoms with van der Waals surface area (Å²) in [7, 11) is 1.66. The molecule has 0 heterocycles. The molecule has 0 aromatic heterocycles. The van der Waals surface area contributed by atoms with Gasteiger partial charge in [0.2, 0.25) is 17.7 Å². The van der Waals surface area contributed by atoms with Crippen LogP contribution in [0, 0.1) is 0 Å². The van der Waals surface area contributed by atoms with Crippen molar-refractivity contribution >= 4 is 17.7 Å².